The van der Waals surface area contributed by atoms with Gasteiger partial charge in [-0.05, 0) is 12.5 Å². The molecule has 3 rings (SSSR count). The van der Waals surface area contributed by atoms with E-state index >= 15 is 0 Å². The fourth-order valence-corrected chi connectivity index (χ4v) is 2.23. The molecule has 0 fully saturated rings. The molecule has 0 aliphatic rings. The van der Waals surface area contributed by atoms with Gasteiger partial charge in [-0.25, -0.2) is 9.97 Å². The highest BCUT2D eigenvalue weighted by Crippen LogP contribution is 2.12. The van der Waals surface area contributed by atoms with E-state index in [9.17, 15) is 4.79 Å². The molecule has 1 aromatic carbocycles. The minimum Gasteiger partial charge on any atom is -0.382 e. The summed E-state index contributed by atoms with van der Waals surface area (Å²) in [5, 5.41) is 6.96. The first-order chi connectivity index (χ1) is 11.1. The Labute approximate surface area is 133 Å². The van der Waals surface area contributed by atoms with Gasteiger partial charge in [-0.2, -0.15) is 5.10 Å². The normalized spacial score (nSPS) is 10.5. The number of nitrogens with one attached hydrogen (secondary N) is 1. The molecule has 0 radical (unpaired) electrons. The Hall–Kier alpha value is -3.22. The summed E-state index contributed by atoms with van der Waals surface area (Å²) >= 11 is 0. The number of rotatable bonds is 4. The third-order valence-corrected chi connectivity index (χ3v) is 3.26. The molecular formula is C16H16N6O. The number of anilines is 2. The summed E-state index contributed by atoms with van der Waals surface area (Å²) in [4.78, 5) is 19.9. The van der Waals surface area contributed by atoms with Crippen molar-refractivity contribution in [1.82, 2.24) is 19.7 Å². The number of nitrogens with two attached hydrogens (primary N) is 1. The van der Waals surface area contributed by atoms with E-state index in [4.69, 9.17) is 5.73 Å². The number of amides is 1. The van der Waals surface area contributed by atoms with E-state index in [-0.39, 0.29) is 11.5 Å². The summed E-state index contributed by atoms with van der Waals surface area (Å²) in [6, 6.07) is 8.19. The van der Waals surface area contributed by atoms with E-state index in [1.165, 1.54) is 18.0 Å². The second kappa shape index (κ2) is 6.27. The molecule has 0 aliphatic carbocycles. The maximum atomic E-state index is 12.1. The molecule has 23 heavy (non-hydrogen) atoms. The second-order valence-corrected chi connectivity index (χ2v) is 5.16. The SMILES string of the molecule is Cc1cccc(Cn2cc(NC(=O)c3nccnc3N)cn2)c1. The standard InChI is InChI=1S/C16H16N6O/c1-11-3-2-4-12(7-11)9-22-10-13(8-20-22)21-16(23)14-15(17)19-6-5-18-14/h2-8,10H,9H2,1H3,(H2,17,19)(H,21,23). The minimum absolute atomic E-state index is 0.0946. The van der Waals surface area contributed by atoms with Crippen LogP contribution in [0.3, 0.4) is 0 Å². The molecule has 0 saturated carbocycles. The highest BCUT2D eigenvalue weighted by molar-refractivity contribution is 6.05. The van der Waals surface area contributed by atoms with Crippen LogP contribution in [0.5, 0.6) is 0 Å². The Morgan fingerprint density at radius 3 is 2.91 bits per heavy atom. The average Bonchev–Trinajstić information content (AvgIpc) is 2.94. The Morgan fingerprint density at radius 2 is 2.13 bits per heavy atom. The maximum Gasteiger partial charge on any atom is 0.278 e. The molecule has 0 aliphatic heterocycles. The van der Waals surface area contributed by atoms with Crippen LogP contribution >= 0.6 is 0 Å². The first-order valence-electron chi connectivity index (χ1n) is 7.07. The number of carbonyl (C=O) groups excluding carboxylic acids is 1. The second-order valence-electron chi connectivity index (χ2n) is 5.16. The highest BCUT2D eigenvalue weighted by atomic mass is 16.1. The summed E-state index contributed by atoms with van der Waals surface area (Å²) < 4.78 is 1.75. The van der Waals surface area contributed by atoms with Crippen LogP contribution in [0.4, 0.5) is 11.5 Å². The molecule has 7 heteroatoms. The van der Waals surface area contributed by atoms with Crippen molar-refractivity contribution in [2.24, 2.45) is 0 Å². The fraction of sp³-hybridized carbons (Fsp3) is 0.125. The van der Waals surface area contributed by atoms with Crippen molar-refractivity contribution in [1.29, 1.82) is 0 Å². The number of nitrogens with zero attached hydrogens (tertiary/aromatic N) is 4. The van der Waals surface area contributed by atoms with E-state index < -0.39 is 5.91 Å². The number of hydrogen-bond acceptors (Lipinski definition) is 5. The van der Waals surface area contributed by atoms with Crippen molar-refractivity contribution in [3.63, 3.8) is 0 Å². The smallest absolute Gasteiger partial charge is 0.278 e. The molecule has 3 aromatic rings. The molecule has 7 nitrogen and oxygen atoms in total. The first kappa shape index (κ1) is 14.7. The fourth-order valence-electron chi connectivity index (χ4n) is 2.23. The summed E-state index contributed by atoms with van der Waals surface area (Å²) in [7, 11) is 0. The van der Waals surface area contributed by atoms with Crippen LogP contribution in [0.2, 0.25) is 0 Å². The van der Waals surface area contributed by atoms with Crippen molar-refractivity contribution in [2.45, 2.75) is 13.5 Å². The molecule has 2 heterocycles. The lowest BCUT2D eigenvalue weighted by molar-refractivity contribution is 0.102. The van der Waals surface area contributed by atoms with Gasteiger partial charge in [-0.1, -0.05) is 29.8 Å². The molecule has 0 unspecified atom stereocenters. The number of aromatic nitrogens is 4. The van der Waals surface area contributed by atoms with Crippen LogP contribution in [0.15, 0.2) is 49.1 Å². The van der Waals surface area contributed by atoms with Gasteiger partial charge in [0.25, 0.3) is 5.91 Å². The lowest BCUT2D eigenvalue weighted by Crippen LogP contribution is -2.16. The Morgan fingerprint density at radius 1 is 1.30 bits per heavy atom. The predicted molar refractivity (Wildman–Crippen MR) is 86.9 cm³/mol. The Bertz CT molecular complexity index is 842. The van der Waals surface area contributed by atoms with E-state index in [2.05, 4.69) is 26.4 Å². The summed E-state index contributed by atoms with van der Waals surface area (Å²) in [5.41, 5.74) is 8.65. The van der Waals surface area contributed by atoms with E-state index in [0.717, 1.165) is 5.56 Å². The lowest BCUT2D eigenvalue weighted by Gasteiger charge is -2.04. The van der Waals surface area contributed by atoms with Gasteiger partial charge < -0.3 is 11.1 Å². The van der Waals surface area contributed by atoms with Gasteiger partial charge in [-0.15, -0.1) is 0 Å². The molecule has 0 spiro atoms. The van der Waals surface area contributed by atoms with E-state index in [0.29, 0.717) is 12.2 Å². The van der Waals surface area contributed by atoms with Crippen LogP contribution in [-0.2, 0) is 6.54 Å². The first-order valence-corrected chi connectivity index (χ1v) is 7.07. The van der Waals surface area contributed by atoms with Crippen LogP contribution in [0.25, 0.3) is 0 Å². The van der Waals surface area contributed by atoms with Gasteiger partial charge >= 0.3 is 0 Å². The van der Waals surface area contributed by atoms with Gasteiger partial charge in [0.05, 0.1) is 18.4 Å². The average molecular weight is 308 g/mol. The van der Waals surface area contributed by atoms with Gasteiger partial charge in [0.15, 0.2) is 11.5 Å². The van der Waals surface area contributed by atoms with Crippen molar-refractivity contribution in [2.75, 3.05) is 11.1 Å². The molecule has 2 aromatic heterocycles. The largest absolute Gasteiger partial charge is 0.382 e. The van der Waals surface area contributed by atoms with Crippen molar-refractivity contribution < 1.29 is 4.79 Å². The lowest BCUT2D eigenvalue weighted by atomic mass is 10.1. The van der Waals surface area contributed by atoms with Crippen LogP contribution in [0, 0.1) is 6.92 Å². The number of nitrogen functional groups attached to an aromatic ring is 1. The quantitative estimate of drug-likeness (QED) is 0.766. The van der Waals surface area contributed by atoms with Crippen LogP contribution < -0.4 is 11.1 Å². The molecule has 0 saturated heterocycles. The van der Waals surface area contributed by atoms with E-state index in [1.54, 1.807) is 17.1 Å². The van der Waals surface area contributed by atoms with Crippen LogP contribution in [-0.4, -0.2) is 25.7 Å². The molecule has 0 atom stereocenters. The number of carbonyl (C=O) groups is 1. The number of aryl methyl sites for hydroxylation is 1. The van der Waals surface area contributed by atoms with Gasteiger partial charge in [0, 0.05) is 18.6 Å². The summed E-state index contributed by atoms with van der Waals surface area (Å²) in [6.07, 6.45) is 6.20. The van der Waals surface area contributed by atoms with E-state index in [1.807, 2.05) is 25.1 Å². The summed E-state index contributed by atoms with van der Waals surface area (Å²) in [6.45, 7) is 2.67. The number of hydrogen-bond donors (Lipinski definition) is 2. The molecule has 0 bridgehead atoms. The van der Waals surface area contributed by atoms with Crippen molar-refractivity contribution in [3.8, 4) is 0 Å². The van der Waals surface area contributed by atoms with Gasteiger partial charge in [0.2, 0.25) is 0 Å². The zero-order valence-electron chi connectivity index (χ0n) is 12.6. The van der Waals surface area contributed by atoms with Crippen molar-refractivity contribution >= 4 is 17.4 Å². The zero-order chi connectivity index (χ0) is 16.2. The molecule has 116 valence electrons. The summed E-state index contributed by atoms with van der Waals surface area (Å²) in [5.74, 6) is -0.317. The predicted octanol–water partition coefficient (Wildman–Crippen LogP) is 1.86. The maximum absolute atomic E-state index is 12.1. The van der Waals surface area contributed by atoms with Crippen LogP contribution in [0.1, 0.15) is 21.6 Å². The highest BCUT2D eigenvalue weighted by Gasteiger charge is 2.13. The number of benzene rings is 1. The third-order valence-electron chi connectivity index (χ3n) is 3.26. The Balaban J connectivity index is 1.70. The monoisotopic (exact) mass is 308 g/mol. The Kier molecular flexibility index (Phi) is 4.01. The molecular weight excluding hydrogens is 292 g/mol. The molecule has 1 amide bonds. The topological polar surface area (TPSA) is 98.7 Å². The zero-order valence-corrected chi connectivity index (χ0v) is 12.6. The molecule has 3 N–H and O–H groups in total. The third kappa shape index (κ3) is 3.52. The minimum atomic E-state index is -0.411. The van der Waals surface area contributed by atoms with Gasteiger partial charge in [-0.3, -0.25) is 9.48 Å². The van der Waals surface area contributed by atoms with Crippen molar-refractivity contribution in [3.05, 3.63) is 65.9 Å². The van der Waals surface area contributed by atoms with Gasteiger partial charge in [0.1, 0.15) is 0 Å².